The average Bonchev–Trinajstić information content (AvgIpc) is 2.70. The second kappa shape index (κ2) is 8.93. The van der Waals surface area contributed by atoms with Crippen LogP contribution in [0.5, 0.6) is 17.2 Å². The van der Waals surface area contributed by atoms with E-state index in [4.69, 9.17) is 14.2 Å². The molecule has 144 valence electrons. The summed E-state index contributed by atoms with van der Waals surface area (Å²) in [6.07, 6.45) is 0. The van der Waals surface area contributed by atoms with E-state index >= 15 is 0 Å². The van der Waals surface area contributed by atoms with Crippen molar-refractivity contribution in [3.63, 3.8) is 0 Å². The SMILES string of the molecule is COc1cc(C(=O)NC(c2ccccc2)C(C)C(=O)O)cc(OC)c1OC. The molecule has 0 aliphatic rings. The van der Waals surface area contributed by atoms with Gasteiger partial charge in [-0.05, 0) is 24.6 Å². The van der Waals surface area contributed by atoms with Crippen molar-refractivity contribution in [3.8, 4) is 17.2 Å². The van der Waals surface area contributed by atoms with Gasteiger partial charge in [0.05, 0.1) is 33.3 Å². The molecule has 0 saturated heterocycles. The van der Waals surface area contributed by atoms with Gasteiger partial charge in [-0.2, -0.15) is 0 Å². The normalized spacial score (nSPS) is 12.6. The molecule has 0 aliphatic heterocycles. The highest BCUT2D eigenvalue weighted by atomic mass is 16.5. The van der Waals surface area contributed by atoms with Gasteiger partial charge in [-0.3, -0.25) is 9.59 Å². The zero-order valence-electron chi connectivity index (χ0n) is 15.7. The average molecular weight is 373 g/mol. The number of carboxylic acid groups (broad SMARTS) is 1. The molecule has 0 spiro atoms. The van der Waals surface area contributed by atoms with E-state index in [2.05, 4.69) is 5.32 Å². The molecule has 2 atom stereocenters. The molecule has 0 radical (unpaired) electrons. The first-order valence-corrected chi connectivity index (χ1v) is 8.31. The van der Waals surface area contributed by atoms with Gasteiger partial charge in [0.25, 0.3) is 5.91 Å². The zero-order valence-corrected chi connectivity index (χ0v) is 15.7. The van der Waals surface area contributed by atoms with Crippen LogP contribution in [-0.4, -0.2) is 38.3 Å². The molecule has 2 aromatic carbocycles. The van der Waals surface area contributed by atoms with Crippen molar-refractivity contribution in [3.05, 3.63) is 53.6 Å². The van der Waals surface area contributed by atoms with Crippen molar-refractivity contribution in [2.45, 2.75) is 13.0 Å². The van der Waals surface area contributed by atoms with Crippen LogP contribution in [0.4, 0.5) is 0 Å². The summed E-state index contributed by atoms with van der Waals surface area (Å²) in [5, 5.41) is 12.2. The lowest BCUT2D eigenvalue weighted by Gasteiger charge is -2.23. The summed E-state index contributed by atoms with van der Waals surface area (Å²) in [4.78, 5) is 24.3. The van der Waals surface area contributed by atoms with Crippen LogP contribution in [0.1, 0.15) is 28.9 Å². The van der Waals surface area contributed by atoms with Gasteiger partial charge in [0.15, 0.2) is 11.5 Å². The summed E-state index contributed by atoms with van der Waals surface area (Å²) in [6, 6.07) is 11.3. The van der Waals surface area contributed by atoms with E-state index in [0.717, 1.165) is 0 Å². The summed E-state index contributed by atoms with van der Waals surface area (Å²) in [5.74, 6) is -1.23. The molecule has 1 amide bonds. The minimum atomic E-state index is -1.01. The van der Waals surface area contributed by atoms with Gasteiger partial charge in [-0.1, -0.05) is 30.3 Å². The van der Waals surface area contributed by atoms with Gasteiger partial charge >= 0.3 is 5.97 Å². The van der Waals surface area contributed by atoms with E-state index in [0.29, 0.717) is 22.8 Å². The molecule has 2 aromatic rings. The Bertz CT molecular complexity index is 780. The Balaban J connectivity index is 2.39. The molecule has 2 N–H and O–H groups in total. The maximum atomic E-state index is 12.8. The second-order valence-corrected chi connectivity index (χ2v) is 5.90. The number of nitrogens with one attached hydrogen (secondary N) is 1. The number of benzene rings is 2. The van der Waals surface area contributed by atoms with Crippen molar-refractivity contribution < 1.29 is 28.9 Å². The number of hydrogen-bond acceptors (Lipinski definition) is 5. The summed E-state index contributed by atoms with van der Waals surface area (Å²) in [7, 11) is 4.39. The Labute approximate surface area is 157 Å². The monoisotopic (exact) mass is 373 g/mol. The Hall–Kier alpha value is -3.22. The Morgan fingerprint density at radius 3 is 1.96 bits per heavy atom. The largest absolute Gasteiger partial charge is 0.493 e. The highest BCUT2D eigenvalue weighted by molar-refractivity contribution is 5.96. The van der Waals surface area contributed by atoms with Gasteiger partial charge < -0.3 is 24.6 Å². The summed E-state index contributed by atoms with van der Waals surface area (Å²) in [6.45, 7) is 1.55. The Morgan fingerprint density at radius 1 is 0.963 bits per heavy atom. The molecule has 7 heteroatoms. The fourth-order valence-corrected chi connectivity index (χ4v) is 2.74. The van der Waals surface area contributed by atoms with Gasteiger partial charge in [0, 0.05) is 5.56 Å². The topological polar surface area (TPSA) is 94.1 Å². The van der Waals surface area contributed by atoms with Crippen LogP contribution in [0, 0.1) is 5.92 Å². The second-order valence-electron chi connectivity index (χ2n) is 5.90. The number of hydrogen-bond donors (Lipinski definition) is 2. The summed E-state index contributed by atoms with van der Waals surface area (Å²) in [5.41, 5.74) is 0.969. The van der Waals surface area contributed by atoms with Crippen LogP contribution >= 0.6 is 0 Å². The quantitative estimate of drug-likeness (QED) is 0.739. The third-order valence-corrected chi connectivity index (χ3v) is 4.26. The van der Waals surface area contributed by atoms with Crippen molar-refractivity contribution >= 4 is 11.9 Å². The van der Waals surface area contributed by atoms with E-state index < -0.39 is 23.8 Å². The smallest absolute Gasteiger partial charge is 0.308 e. The Morgan fingerprint density at radius 2 is 1.52 bits per heavy atom. The molecule has 0 aliphatic carbocycles. The fraction of sp³-hybridized carbons (Fsp3) is 0.300. The third kappa shape index (κ3) is 4.49. The van der Waals surface area contributed by atoms with Crippen molar-refractivity contribution in [2.24, 2.45) is 5.92 Å². The van der Waals surface area contributed by atoms with Crippen molar-refractivity contribution in [2.75, 3.05) is 21.3 Å². The number of methoxy groups -OCH3 is 3. The molecule has 0 heterocycles. The molecule has 0 aromatic heterocycles. The molecule has 0 saturated carbocycles. The molecule has 0 bridgehead atoms. The maximum absolute atomic E-state index is 12.8. The molecule has 2 rings (SSSR count). The molecule has 27 heavy (non-hydrogen) atoms. The lowest BCUT2D eigenvalue weighted by atomic mass is 9.94. The molecule has 7 nitrogen and oxygen atoms in total. The minimum absolute atomic E-state index is 0.267. The van der Waals surface area contributed by atoms with Crippen LogP contribution < -0.4 is 19.5 Å². The standard InChI is InChI=1S/C20H23NO6/c1-12(20(23)24)17(13-8-6-5-7-9-13)21-19(22)14-10-15(25-2)18(27-4)16(11-14)26-3/h5-12,17H,1-4H3,(H,21,22)(H,23,24). The van der Waals surface area contributed by atoms with Gasteiger partial charge in [0.2, 0.25) is 5.75 Å². The van der Waals surface area contributed by atoms with Crippen LogP contribution in [0.25, 0.3) is 0 Å². The van der Waals surface area contributed by atoms with Gasteiger partial charge in [-0.15, -0.1) is 0 Å². The predicted molar refractivity (Wildman–Crippen MR) is 99.5 cm³/mol. The predicted octanol–water partition coefficient (Wildman–Crippen LogP) is 2.90. The first-order valence-electron chi connectivity index (χ1n) is 8.31. The first-order chi connectivity index (χ1) is 12.9. The lowest BCUT2D eigenvalue weighted by molar-refractivity contribution is -0.142. The van der Waals surface area contributed by atoms with E-state index in [9.17, 15) is 14.7 Å². The van der Waals surface area contributed by atoms with Gasteiger partial charge in [0.1, 0.15) is 0 Å². The Kier molecular flexibility index (Phi) is 6.65. The van der Waals surface area contributed by atoms with Crippen LogP contribution in [0.2, 0.25) is 0 Å². The highest BCUT2D eigenvalue weighted by Crippen LogP contribution is 2.38. The number of aliphatic carboxylic acids is 1. The number of rotatable bonds is 8. The van der Waals surface area contributed by atoms with E-state index in [1.807, 2.05) is 6.07 Å². The summed E-state index contributed by atoms with van der Waals surface area (Å²) >= 11 is 0. The molecule has 0 fully saturated rings. The lowest BCUT2D eigenvalue weighted by Crippen LogP contribution is -2.35. The van der Waals surface area contributed by atoms with Gasteiger partial charge in [-0.25, -0.2) is 0 Å². The van der Waals surface area contributed by atoms with E-state index in [1.165, 1.54) is 33.5 Å². The highest BCUT2D eigenvalue weighted by Gasteiger charge is 2.28. The van der Waals surface area contributed by atoms with E-state index in [1.54, 1.807) is 31.2 Å². The number of carbonyl (C=O) groups is 2. The summed E-state index contributed by atoms with van der Waals surface area (Å²) < 4.78 is 15.8. The fourth-order valence-electron chi connectivity index (χ4n) is 2.74. The first kappa shape index (κ1) is 20.1. The van der Waals surface area contributed by atoms with Crippen molar-refractivity contribution in [1.29, 1.82) is 0 Å². The molecular formula is C20H23NO6. The van der Waals surface area contributed by atoms with Crippen LogP contribution in [-0.2, 0) is 4.79 Å². The minimum Gasteiger partial charge on any atom is -0.493 e. The number of ether oxygens (including phenoxy) is 3. The van der Waals surface area contributed by atoms with Crippen molar-refractivity contribution in [1.82, 2.24) is 5.32 Å². The zero-order chi connectivity index (χ0) is 20.0. The maximum Gasteiger partial charge on any atom is 0.308 e. The van der Waals surface area contributed by atoms with E-state index in [-0.39, 0.29) is 5.56 Å². The molecular weight excluding hydrogens is 350 g/mol. The van der Waals surface area contributed by atoms with Crippen LogP contribution in [0.3, 0.4) is 0 Å². The number of carboxylic acids is 1. The third-order valence-electron chi connectivity index (χ3n) is 4.26. The number of carbonyl (C=O) groups excluding carboxylic acids is 1. The van der Waals surface area contributed by atoms with Crippen LogP contribution in [0.15, 0.2) is 42.5 Å². The number of amides is 1. The molecule has 2 unspecified atom stereocenters.